The molecule has 2 rings (SSSR count). The molecule has 0 aliphatic carbocycles. The number of hydrogen-bond acceptors (Lipinski definition) is 6. The van der Waals surface area contributed by atoms with Gasteiger partial charge < -0.3 is 14.2 Å². The average Bonchev–Trinajstić information content (AvgIpc) is 2.77. The van der Waals surface area contributed by atoms with E-state index in [1.54, 1.807) is 78.0 Å². The van der Waals surface area contributed by atoms with Crippen LogP contribution in [0, 0.1) is 10.8 Å². The summed E-state index contributed by atoms with van der Waals surface area (Å²) in [5, 5.41) is 0. The molecule has 0 aliphatic rings. The number of ether oxygens (including phenoxy) is 3. The van der Waals surface area contributed by atoms with Gasteiger partial charge in [0.2, 0.25) is 0 Å². The summed E-state index contributed by atoms with van der Waals surface area (Å²) < 4.78 is 17.0. The summed E-state index contributed by atoms with van der Waals surface area (Å²) in [6.07, 6.45) is 3.69. The van der Waals surface area contributed by atoms with Gasteiger partial charge in [-0.2, -0.15) is 0 Å². The summed E-state index contributed by atoms with van der Waals surface area (Å²) in [5.41, 5.74) is 0.737. The third-order valence-corrected chi connectivity index (χ3v) is 5.13. The van der Waals surface area contributed by atoms with Crippen molar-refractivity contribution in [2.24, 2.45) is 10.8 Å². The van der Waals surface area contributed by atoms with Crippen LogP contribution in [0.5, 0.6) is 17.2 Å². The number of allylic oxidation sites excluding steroid dienone is 1. The lowest BCUT2D eigenvalue weighted by atomic mass is 9.97. The zero-order valence-corrected chi connectivity index (χ0v) is 22.9. The number of esters is 2. The summed E-state index contributed by atoms with van der Waals surface area (Å²) in [5.74, 6) is 0.478. The van der Waals surface area contributed by atoms with Gasteiger partial charge in [0.25, 0.3) is 0 Å². The number of carbonyl (C=O) groups excluding carboxylic acids is 3. The molecule has 0 aliphatic heterocycles. The lowest BCUT2D eigenvalue weighted by Gasteiger charge is -2.20. The van der Waals surface area contributed by atoms with Gasteiger partial charge in [0, 0.05) is 17.2 Å². The molecule has 0 saturated heterocycles. The van der Waals surface area contributed by atoms with Crippen LogP contribution in [0.2, 0.25) is 0 Å². The molecule has 0 saturated carbocycles. The summed E-state index contributed by atoms with van der Waals surface area (Å²) in [6, 6.07) is 10.0. The Kier molecular flexibility index (Phi) is 9.25. The summed E-state index contributed by atoms with van der Waals surface area (Å²) in [7, 11) is 0. The van der Waals surface area contributed by atoms with Crippen molar-refractivity contribution in [1.82, 2.24) is 0 Å². The Balaban J connectivity index is 2.30. The number of rotatable bonds is 8. The fourth-order valence-corrected chi connectivity index (χ4v) is 2.94. The van der Waals surface area contributed by atoms with Crippen molar-refractivity contribution < 1.29 is 28.6 Å². The largest absolute Gasteiger partial charge is 0.490 e. The first-order valence-electron chi connectivity index (χ1n) is 12.2. The Hall–Kier alpha value is -3.41. The molecule has 6 heteroatoms. The zero-order chi connectivity index (χ0) is 27.3. The molecule has 0 spiro atoms. The molecule has 6 nitrogen and oxygen atoms in total. The van der Waals surface area contributed by atoms with E-state index >= 15 is 0 Å². The van der Waals surface area contributed by atoms with E-state index in [4.69, 9.17) is 14.2 Å². The highest BCUT2D eigenvalue weighted by atomic mass is 16.5. The fraction of sp³-hybridized carbons (Fsp3) is 0.433. The van der Waals surface area contributed by atoms with E-state index in [0.717, 1.165) is 5.56 Å². The van der Waals surface area contributed by atoms with E-state index < -0.39 is 10.8 Å². The Morgan fingerprint density at radius 2 is 1.39 bits per heavy atom. The molecule has 0 unspecified atom stereocenters. The Morgan fingerprint density at radius 3 is 1.89 bits per heavy atom. The Labute approximate surface area is 214 Å². The first-order chi connectivity index (χ1) is 16.6. The molecule has 0 amide bonds. The zero-order valence-electron chi connectivity index (χ0n) is 22.9. The number of benzene rings is 2. The second-order valence-corrected chi connectivity index (χ2v) is 11.0. The smallest absolute Gasteiger partial charge is 0.316 e. The van der Waals surface area contributed by atoms with Crippen molar-refractivity contribution in [2.75, 3.05) is 0 Å². The second-order valence-electron chi connectivity index (χ2n) is 11.0. The molecule has 0 bridgehead atoms. The number of aryl methyl sites for hydroxylation is 1. The van der Waals surface area contributed by atoms with Crippen LogP contribution in [0.25, 0.3) is 6.08 Å². The van der Waals surface area contributed by atoms with Crippen molar-refractivity contribution in [2.45, 2.75) is 74.8 Å². The molecule has 2 aromatic rings. The van der Waals surface area contributed by atoms with Crippen molar-refractivity contribution in [3.8, 4) is 17.2 Å². The molecule has 36 heavy (non-hydrogen) atoms. The molecular weight excluding hydrogens is 456 g/mol. The molecule has 0 fully saturated rings. The van der Waals surface area contributed by atoms with Crippen LogP contribution in [0.15, 0.2) is 42.5 Å². The van der Waals surface area contributed by atoms with Gasteiger partial charge in [0.15, 0.2) is 5.78 Å². The van der Waals surface area contributed by atoms with Crippen LogP contribution in [0.4, 0.5) is 0 Å². The van der Waals surface area contributed by atoms with Crippen LogP contribution in [-0.2, 0) is 16.0 Å². The van der Waals surface area contributed by atoms with E-state index in [1.807, 2.05) is 26.8 Å². The fourth-order valence-electron chi connectivity index (χ4n) is 2.94. The minimum atomic E-state index is -0.643. The van der Waals surface area contributed by atoms with Crippen LogP contribution in [-0.4, -0.2) is 23.8 Å². The maximum Gasteiger partial charge on any atom is 0.316 e. The van der Waals surface area contributed by atoms with Gasteiger partial charge in [-0.05, 0) is 110 Å². The SMILES string of the molecule is CCc1cc(C=CC(=O)c2ccc(OC(=O)C(C)(C)C)cc2)c(OC(C)C)cc1OC(=O)C(C)(C)C. The highest BCUT2D eigenvalue weighted by Crippen LogP contribution is 2.33. The molecule has 0 heterocycles. The van der Waals surface area contributed by atoms with Gasteiger partial charge in [-0.3, -0.25) is 14.4 Å². The van der Waals surface area contributed by atoms with Gasteiger partial charge in [-0.25, -0.2) is 0 Å². The quantitative estimate of drug-likeness (QED) is 0.173. The Morgan fingerprint density at radius 1 is 0.833 bits per heavy atom. The van der Waals surface area contributed by atoms with Crippen molar-refractivity contribution in [3.05, 3.63) is 59.2 Å². The second kappa shape index (κ2) is 11.5. The average molecular weight is 495 g/mol. The van der Waals surface area contributed by atoms with Crippen LogP contribution >= 0.6 is 0 Å². The van der Waals surface area contributed by atoms with Gasteiger partial charge in [0.1, 0.15) is 17.2 Å². The van der Waals surface area contributed by atoms with Crippen LogP contribution in [0.1, 0.15) is 83.8 Å². The van der Waals surface area contributed by atoms with Crippen molar-refractivity contribution >= 4 is 23.8 Å². The molecule has 0 radical (unpaired) electrons. The highest BCUT2D eigenvalue weighted by Gasteiger charge is 2.25. The van der Waals surface area contributed by atoms with Crippen LogP contribution in [0.3, 0.4) is 0 Å². The third kappa shape index (κ3) is 8.08. The predicted molar refractivity (Wildman–Crippen MR) is 142 cm³/mol. The van der Waals surface area contributed by atoms with Gasteiger partial charge in [0.05, 0.1) is 16.9 Å². The minimum Gasteiger partial charge on any atom is -0.490 e. The van der Waals surface area contributed by atoms with E-state index in [1.165, 1.54) is 6.08 Å². The van der Waals surface area contributed by atoms with E-state index in [0.29, 0.717) is 34.8 Å². The molecule has 0 aromatic heterocycles. The highest BCUT2D eigenvalue weighted by molar-refractivity contribution is 6.07. The number of carbonyl (C=O) groups is 3. The maximum atomic E-state index is 12.8. The van der Waals surface area contributed by atoms with E-state index in [-0.39, 0.29) is 23.8 Å². The summed E-state index contributed by atoms with van der Waals surface area (Å²) in [6.45, 7) is 16.5. The van der Waals surface area contributed by atoms with Gasteiger partial charge in [-0.1, -0.05) is 6.92 Å². The van der Waals surface area contributed by atoms with Crippen molar-refractivity contribution in [1.29, 1.82) is 0 Å². The molecular formula is C30H38O6. The predicted octanol–water partition coefficient (Wildman–Crippen LogP) is 6.84. The van der Waals surface area contributed by atoms with Crippen LogP contribution < -0.4 is 14.2 Å². The maximum absolute atomic E-state index is 12.8. The summed E-state index contributed by atoms with van der Waals surface area (Å²) in [4.78, 5) is 37.4. The topological polar surface area (TPSA) is 78.9 Å². The van der Waals surface area contributed by atoms with E-state index in [2.05, 4.69) is 0 Å². The Bertz CT molecular complexity index is 1130. The monoisotopic (exact) mass is 494 g/mol. The minimum absolute atomic E-state index is 0.116. The lowest BCUT2D eigenvalue weighted by Crippen LogP contribution is -2.26. The first kappa shape index (κ1) is 28.8. The number of ketones is 1. The van der Waals surface area contributed by atoms with Gasteiger partial charge >= 0.3 is 11.9 Å². The first-order valence-corrected chi connectivity index (χ1v) is 12.2. The van der Waals surface area contributed by atoms with Gasteiger partial charge in [-0.15, -0.1) is 0 Å². The number of hydrogen-bond donors (Lipinski definition) is 0. The normalized spacial score (nSPS) is 12.1. The summed E-state index contributed by atoms with van der Waals surface area (Å²) >= 11 is 0. The lowest BCUT2D eigenvalue weighted by molar-refractivity contribution is -0.143. The molecule has 194 valence electrons. The molecule has 0 N–H and O–H groups in total. The molecule has 0 atom stereocenters. The standard InChI is InChI=1S/C30H38O6/c1-10-20-17-22(26(34-19(2)3)18-25(20)36-28(33)30(7,8)9)13-16-24(31)21-11-14-23(15-12-21)35-27(32)29(4,5)6/h11-19H,10H2,1-9H3. The van der Waals surface area contributed by atoms with E-state index in [9.17, 15) is 14.4 Å². The molecule has 2 aromatic carbocycles. The third-order valence-electron chi connectivity index (χ3n) is 5.13. The van der Waals surface area contributed by atoms with Crippen molar-refractivity contribution in [3.63, 3.8) is 0 Å².